The van der Waals surface area contributed by atoms with Crippen LogP contribution in [-0.2, 0) is 16.6 Å². The average Bonchev–Trinajstić information content (AvgIpc) is 2.37. The van der Waals surface area contributed by atoms with Gasteiger partial charge in [-0.15, -0.1) is 0 Å². The van der Waals surface area contributed by atoms with E-state index >= 15 is 0 Å². The number of sulfonamides is 1. The first kappa shape index (κ1) is 14.9. The van der Waals surface area contributed by atoms with E-state index in [1.54, 1.807) is 18.3 Å². The van der Waals surface area contributed by atoms with E-state index in [1.165, 1.54) is 7.11 Å². The molecule has 1 heterocycles. The van der Waals surface area contributed by atoms with Gasteiger partial charge in [-0.2, -0.15) is 0 Å². The van der Waals surface area contributed by atoms with E-state index in [4.69, 9.17) is 4.74 Å². The number of hydrogen-bond acceptors (Lipinski definition) is 5. The van der Waals surface area contributed by atoms with Crippen molar-refractivity contribution >= 4 is 10.0 Å². The molecule has 18 heavy (non-hydrogen) atoms. The molecular formula is C11H19N3O3S. The SMILES string of the molecule is CCNCCS(=O)(=O)NCc1ccnc(OC)c1. The Morgan fingerprint density at radius 3 is 2.89 bits per heavy atom. The van der Waals surface area contributed by atoms with E-state index in [0.717, 1.165) is 12.1 Å². The lowest BCUT2D eigenvalue weighted by molar-refractivity contribution is 0.397. The van der Waals surface area contributed by atoms with Crippen LogP contribution < -0.4 is 14.8 Å². The highest BCUT2D eigenvalue weighted by atomic mass is 32.2. The molecule has 0 amide bonds. The number of ether oxygens (including phenoxy) is 1. The van der Waals surface area contributed by atoms with Gasteiger partial charge in [-0.25, -0.2) is 18.1 Å². The monoisotopic (exact) mass is 273 g/mol. The Labute approximate surface area is 108 Å². The molecule has 2 N–H and O–H groups in total. The molecule has 1 aromatic heterocycles. The Kier molecular flexibility index (Phi) is 6.03. The topological polar surface area (TPSA) is 80.3 Å². The lowest BCUT2D eigenvalue weighted by atomic mass is 10.3. The second kappa shape index (κ2) is 7.30. The first-order valence-corrected chi connectivity index (χ1v) is 7.39. The van der Waals surface area contributed by atoms with Gasteiger partial charge in [0.2, 0.25) is 15.9 Å². The van der Waals surface area contributed by atoms with Gasteiger partial charge in [-0.1, -0.05) is 6.92 Å². The van der Waals surface area contributed by atoms with Gasteiger partial charge in [0.15, 0.2) is 0 Å². The van der Waals surface area contributed by atoms with Gasteiger partial charge in [0, 0.05) is 25.4 Å². The molecule has 0 fully saturated rings. The van der Waals surface area contributed by atoms with Gasteiger partial charge in [0.1, 0.15) is 0 Å². The van der Waals surface area contributed by atoms with Crippen molar-refractivity contribution in [3.05, 3.63) is 23.9 Å². The van der Waals surface area contributed by atoms with Crippen molar-refractivity contribution in [3.63, 3.8) is 0 Å². The molecule has 0 aliphatic heterocycles. The molecule has 1 aromatic rings. The number of pyridine rings is 1. The minimum atomic E-state index is -3.25. The van der Waals surface area contributed by atoms with E-state index in [9.17, 15) is 8.42 Å². The summed E-state index contributed by atoms with van der Waals surface area (Å²) in [5.74, 6) is 0.544. The zero-order valence-corrected chi connectivity index (χ0v) is 11.5. The van der Waals surface area contributed by atoms with Crippen LogP contribution >= 0.6 is 0 Å². The van der Waals surface area contributed by atoms with Gasteiger partial charge in [-0.3, -0.25) is 0 Å². The van der Waals surface area contributed by atoms with Gasteiger partial charge < -0.3 is 10.1 Å². The van der Waals surface area contributed by atoms with Crippen LogP contribution in [0.25, 0.3) is 0 Å². The minimum absolute atomic E-state index is 0.0725. The Bertz CT molecular complexity index is 462. The van der Waals surface area contributed by atoms with Crippen LogP contribution in [0.1, 0.15) is 12.5 Å². The summed E-state index contributed by atoms with van der Waals surface area (Å²) in [7, 11) is -1.72. The predicted octanol–water partition coefficient (Wildman–Crippen LogP) is 0.119. The van der Waals surface area contributed by atoms with E-state index in [-0.39, 0.29) is 12.3 Å². The van der Waals surface area contributed by atoms with Crippen LogP contribution in [0, 0.1) is 0 Å². The second-order valence-electron chi connectivity index (χ2n) is 3.70. The largest absolute Gasteiger partial charge is 0.481 e. The molecule has 0 bridgehead atoms. The Hall–Kier alpha value is -1.18. The van der Waals surface area contributed by atoms with Crippen molar-refractivity contribution in [2.45, 2.75) is 13.5 Å². The van der Waals surface area contributed by atoms with Gasteiger partial charge in [0.25, 0.3) is 0 Å². The van der Waals surface area contributed by atoms with Crippen molar-refractivity contribution in [2.75, 3.05) is 26.0 Å². The molecule has 0 saturated heterocycles. The standard InChI is InChI=1S/C11H19N3O3S/c1-3-12-6-7-18(15,16)14-9-10-4-5-13-11(8-10)17-2/h4-5,8,12,14H,3,6-7,9H2,1-2H3. The number of aromatic nitrogens is 1. The van der Waals surface area contributed by atoms with E-state index in [2.05, 4.69) is 15.0 Å². The number of nitrogens with zero attached hydrogens (tertiary/aromatic N) is 1. The van der Waals surface area contributed by atoms with Crippen LogP contribution in [-0.4, -0.2) is 39.4 Å². The van der Waals surface area contributed by atoms with E-state index in [0.29, 0.717) is 12.4 Å². The summed E-state index contributed by atoms with van der Waals surface area (Å²) in [5, 5.41) is 2.97. The summed E-state index contributed by atoms with van der Waals surface area (Å²) in [5.41, 5.74) is 0.814. The molecule has 0 unspecified atom stereocenters. The van der Waals surface area contributed by atoms with Gasteiger partial charge >= 0.3 is 0 Å². The summed E-state index contributed by atoms with van der Waals surface area (Å²) in [4.78, 5) is 3.95. The Morgan fingerprint density at radius 1 is 1.44 bits per heavy atom. The third-order valence-electron chi connectivity index (χ3n) is 2.30. The summed E-state index contributed by atoms with van der Waals surface area (Å²) >= 11 is 0. The van der Waals surface area contributed by atoms with Crippen LogP contribution in [0.15, 0.2) is 18.3 Å². The highest BCUT2D eigenvalue weighted by Gasteiger charge is 2.09. The van der Waals surface area contributed by atoms with Crippen LogP contribution in [0.2, 0.25) is 0 Å². The maximum atomic E-state index is 11.6. The maximum Gasteiger partial charge on any atom is 0.213 e. The smallest absolute Gasteiger partial charge is 0.213 e. The summed E-state index contributed by atoms with van der Waals surface area (Å²) in [6, 6.07) is 3.45. The first-order chi connectivity index (χ1) is 8.57. The molecular weight excluding hydrogens is 254 g/mol. The lowest BCUT2D eigenvalue weighted by Gasteiger charge is -2.07. The summed E-state index contributed by atoms with van der Waals surface area (Å²) < 4.78 is 30.8. The quantitative estimate of drug-likeness (QED) is 0.658. The zero-order chi connectivity index (χ0) is 13.4. The number of methoxy groups -OCH3 is 1. The van der Waals surface area contributed by atoms with Gasteiger partial charge in [0.05, 0.1) is 12.9 Å². The Balaban J connectivity index is 2.48. The third-order valence-corrected chi connectivity index (χ3v) is 3.63. The molecule has 1 rings (SSSR count). The van der Waals surface area contributed by atoms with Crippen molar-refractivity contribution in [1.82, 2.24) is 15.0 Å². The van der Waals surface area contributed by atoms with Crippen molar-refractivity contribution in [2.24, 2.45) is 0 Å². The molecule has 0 aliphatic rings. The lowest BCUT2D eigenvalue weighted by Crippen LogP contribution is -2.31. The fraction of sp³-hybridized carbons (Fsp3) is 0.545. The zero-order valence-electron chi connectivity index (χ0n) is 10.6. The highest BCUT2D eigenvalue weighted by Crippen LogP contribution is 2.08. The molecule has 0 atom stereocenters. The van der Waals surface area contributed by atoms with Crippen molar-refractivity contribution in [1.29, 1.82) is 0 Å². The molecule has 6 nitrogen and oxygen atoms in total. The number of hydrogen-bond donors (Lipinski definition) is 2. The van der Waals surface area contributed by atoms with Gasteiger partial charge in [-0.05, 0) is 18.2 Å². The molecule has 0 radical (unpaired) electrons. The Morgan fingerprint density at radius 2 is 2.22 bits per heavy atom. The molecule has 0 aliphatic carbocycles. The summed E-state index contributed by atoms with van der Waals surface area (Å²) in [6.45, 7) is 3.39. The molecule has 0 saturated carbocycles. The normalized spacial score (nSPS) is 11.4. The fourth-order valence-corrected chi connectivity index (χ4v) is 2.26. The fourth-order valence-electron chi connectivity index (χ4n) is 1.32. The van der Waals surface area contributed by atoms with Crippen molar-refractivity contribution in [3.8, 4) is 5.88 Å². The maximum absolute atomic E-state index is 11.6. The number of nitrogens with one attached hydrogen (secondary N) is 2. The molecule has 0 spiro atoms. The van der Waals surface area contributed by atoms with E-state index < -0.39 is 10.0 Å². The highest BCUT2D eigenvalue weighted by molar-refractivity contribution is 7.89. The first-order valence-electron chi connectivity index (χ1n) is 5.74. The molecule has 102 valence electrons. The summed E-state index contributed by atoms with van der Waals surface area (Å²) in [6.07, 6.45) is 1.58. The minimum Gasteiger partial charge on any atom is -0.481 e. The molecule has 7 heteroatoms. The van der Waals surface area contributed by atoms with Crippen LogP contribution in [0.3, 0.4) is 0 Å². The second-order valence-corrected chi connectivity index (χ2v) is 5.63. The third kappa shape index (κ3) is 5.44. The van der Waals surface area contributed by atoms with Crippen molar-refractivity contribution < 1.29 is 13.2 Å². The molecule has 0 aromatic carbocycles. The number of rotatable bonds is 8. The van der Waals surface area contributed by atoms with Crippen LogP contribution in [0.4, 0.5) is 0 Å². The average molecular weight is 273 g/mol. The van der Waals surface area contributed by atoms with Crippen LogP contribution in [0.5, 0.6) is 5.88 Å². The van der Waals surface area contributed by atoms with E-state index in [1.807, 2.05) is 6.92 Å². The predicted molar refractivity (Wildman–Crippen MR) is 70.0 cm³/mol.